The molecule has 28 heavy (non-hydrogen) atoms. The van der Waals surface area contributed by atoms with Gasteiger partial charge in [-0.2, -0.15) is 0 Å². The standard InChI is InChI=1S/C21H27N5O2/c1-16-14-22-20-13-19(23-15-26(16)20)24-9-11-25(12-10-24)21(27)8-7-17-5-3-4-6-18(17)28-2/h3-6,13,15-16H,7-12,14H2,1-2H3. The van der Waals surface area contributed by atoms with Gasteiger partial charge in [0.05, 0.1) is 26.0 Å². The second-order valence-electron chi connectivity index (χ2n) is 7.38. The maximum absolute atomic E-state index is 12.6. The molecule has 0 radical (unpaired) electrons. The van der Waals surface area contributed by atoms with Gasteiger partial charge in [0.1, 0.15) is 17.4 Å². The van der Waals surface area contributed by atoms with Gasteiger partial charge < -0.3 is 19.4 Å². The van der Waals surface area contributed by atoms with Crippen molar-refractivity contribution in [2.75, 3.05) is 39.8 Å². The summed E-state index contributed by atoms with van der Waals surface area (Å²) >= 11 is 0. The Labute approximate surface area is 166 Å². The van der Waals surface area contributed by atoms with Crippen molar-refractivity contribution in [3.8, 4) is 5.75 Å². The smallest absolute Gasteiger partial charge is 0.223 e. The van der Waals surface area contributed by atoms with Crippen LogP contribution in [0.25, 0.3) is 0 Å². The SMILES string of the molecule is COc1ccccc1CCC(=O)N1CCN(C2=CC3=NCC(C)N3C=N2)CC1. The summed E-state index contributed by atoms with van der Waals surface area (Å²) in [5.41, 5.74) is 1.08. The second kappa shape index (κ2) is 8.04. The van der Waals surface area contributed by atoms with Crippen LogP contribution in [-0.4, -0.2) is 78.7 Å². The highest BCUT2D eigenvalue weighted by Gasteiger charge is 2.28. The monoisotopic (exact) mass is 381 g/mol. The second-order valence-corrected chi connectivity index (χ2v) is 7.38. The molecule has 4 rings (SSSR count). The van der Waals surface area contributed by atoms with E-state index < -0.39 is 0 Å². The third-order valence-electron chi connectivity index (χ3n) is 5.59. The van der Waals surface area contributed by atoms with Gasteiger partial charge in [-0.1, -0.05) is 18.2 Å². The number of carbonyl (C=O) groups excluding carboxylic acids is 1. The first-order valence-corrected chi connectivity index (χ1v) is 9.89. The number of methoxy groups -OCH3 is 1. The maximum atomic E-state index is 12.6. The Kier molecular flexibility index (Phi) is 5.32. The van der Waals surface area contributed by atoms with Crippen molar-refractivity contribution in [1.29, 1.82) is 0 Å². The fourth-order valence-corrected chi connectivity index (χ4v) is 3.86. The van der Waals surface area contributed by atoms with Gasteiger partial charge in [-0.15, -0.1) is 0 Å². The lowest BCUT2D eigenvalue weighted by molar-refractivity contribution is -0.132. The van der Waals surface area contributed by atoms with Crippen LogP contribution in [0.1, 0.15) is 18.9 Å². The Morgan fingerprint density at radius 3 is 2.79 bits per heavy atom. The topological polar surface area (TPSA) is 60.7 Å². The summed E-state index contributed by atoms with van der Waals surface area (Å²) in [5.74, 6) is 2.99. The van der Waals surface area contributed by atoms with Crippen LogP contribution in [0.3, 0.4) is 0 Å². The molecule has 0 spiro atoms. The highest BCUT2D eigenvalue weighted by atomic mass is 16.5. The van der Waals surface area contributed by atoms with Gasteiger partial charge in [-0.3, -0.25) is 9.79 Å². The zero-order chi connectivity index (χ0) is 19.5. The molecule has 3 aliphatic rings. The van der Waals surface area contributed by atoms with Crippen LogP contribution >= 0.6 is 0 Å². The minimum absolute atomic E-state index is 0.201. The molecule has 3 heterocycles. The largest absolute Gasteiger partial charge is 0.496 e. The van der Waals surface area contributed by atoms with E-state index in [2.05, 4.69) is 32.8 Å². The van der Waals surface area contributed by atoms with Crippen LogP contribution in [0.4, 0.5) is 0 Å². The molecule has 0 N–H and O–H groups in total. The van der Waals surface area contributed by atoms with E-state index in [1.165, 1.54) is 0 Å². The number of fused-ring (bicyclic) bond motifs is 1. The van der Waals surface area contributed by atoms with Crippen molar-refractivity contribution in [2.24, 2.45) is 9.98 Å². The molecule has 7 heteroatoms. The lowest BCUT2D eigenvalue weighted by Crippen LogP contribution is -2.48. The van der Waals surface area contributed by atoms with Gasteiger partial charge in [-0.05, 0) is 25.0 Å². The molecular formula is C21H27N5O2. The highest BCUT2D eigenvalue weighted by molar-refractivity contribution is 6.03. The Hall–Kier alpha value is -2.83. The number of hydrogen-bond donors (Lipinski definition) is 0. The number of carbonyl (C=O) groups is 1. The van der Waals surface area contributed by atoms with Gasteiger partial charge in [0.2, 0.25) is 5.91 Å². The average Bonchev–Trinajstić information content (AvgIpc) is 3.12. The van der Waals surface area contributed by atoms with Crippen LogP contribution in [0.15, 0.2) is 46.1 Å². The summed E-state index contributed by atoms with van der Waals surface area (Å²) in [7, 11) is 1.67. The number of aryl methyl sites for hydroxylation is 1. The lowest BCUT2D eigenvalue weighted by atomic mass is 10.1. The van der Waals surface area contributed by atoms with E-state index in [9.17, 15) is 4.79 Å². The van der Waals surface area contributed by atoms with Crippen LogP contribution in [0, 0.1) is 0 Å². The fourth-order valence-electron chi connectivity index (χ4n) is 3.86. The summed E-state index contributed by atoms with van der Waals surface area (Å²) in [6, 6.07) is 8.27. The Balaban J connectivity index is 1.29. The molecule has 1 saturated heterocycles. The predicted octanol–water partition coefficient (Wildman–Crippen LogP) is 1.76. The minimum atomic E-state index is 0.201. The van der Waals surface area contributed by atoms with Crippen LogP contribution in [0.2, 0.25) is 0 Å². The minimum Gasteiger partial charge on any atom is -0.496 e. The maximum Gasteiger partial charge on any atom is 0.223 e. The molecule has 1 aromatic rings. The quantitative estimate of drug-likeness (QED) is 0.780. The highest BCUT2D eigenvalue weighted by Crippen LogP contribution is 2.21. The van der Waals surface area contributed by atoms with Crippen molar-refractivity contribution < 1.29 is 9.53 Å². The third-order valence-corrected chi connectivity index (χ3v) is 5.59. The first-order chi connectivity index (χ1) is 13.7. The molecule has 1 unspecified atom stereocenters. The number of amides is 1. The average molecular weight is 381 g/mol. The molecule has 0 bridgehead atoms. The van der Waals surface area contributed by atoms with Crippen molar-refractivity contribution >= 4 is 18.1 Å². The predicted molar refractivity (Wildman–Crippen MR) is 110 cm³/mol. The number of para-hydroxylation sites is 1. The summed E-state index contributed by atoms with van der Waals surface area (Å²) in [6.45, 7) is 6.02. The Morgan fingerprint density at radius 1 is 1.21 bits per heavy atom. The first-order valence-electron chi connectivity index (χ1n) is 9.89. The zero-order valence-corrected chi connectivity index (χ0v) is 16.5. The number of hydrogen-bond acceptors (Lipinski definition) is 6. The van der Waals surface area contributed by atoms with Crippen molar-refractivity contribution in [3.63, 3.8) is 0 Å². The molecule has 0 aliphatic carbocycles. The van der Waals surface area contributed by atoms with E-state index in [0.717, 1.165) is 55.7 Å². The van der Waals surface area contributed by atoms with Crippen LogP contribution < -0.4 is 4.74 Å². The number of rotatable bonds is 5. The molecule has 1 aromatic carbocycles. The summed E-state index contributed by atoms with van der Waals surface area (Å²) < 4.78 is 5.38. The number of aliphatic imine (C=N–C) groups is 2. The zero-order valence-electron chi connectivity index (χ0n) is 16.5. The molecule has 1 atom stereocenters. The van der Waals surface area contributed by atoms with Crippen molar-refractivity contribution in [3.05, 3.63) is 41.7 Å². The summed E-state index contributed by atoms with van der Waals surface area (Å²) in [6.07, 6.45) is 5.15. The number of amidine groups is 1. The molecule has 3 aliphatic heterocycles. The first kappa shape index (κ1) is 18.5. The number of piperazine rings is 1. The number of ether oxygens (including phenoxy) is 1. The van der Waals surface area contributed by atoms with Crippen LogP contribution in [-0.2, 0) is 11.2 Å². The Morgan fingerprint density at radius 2 is 2.00 bits per heavy atom. The van der Waals surface area contributed by atoms with Gasteiger partial charge in [0, 0.05) is 38.7 Å². The summed E-state index contributed by atoms with van der Waals surface area (Å²) in [5, 5.41) is 0. The molecule has 0 aromatic heterocycles. The van der Waals surface area contributed by atoms with E-state index in [4.69, 9.17) is 4.74 Å². The van der Waals surface area contributed by atoms with Gasteiger partial charge >= 0.3 is 0 Å². The van der Waals surface area contributed by atoms with Crippen molar-refractivity contribution in [1.82, 2.24) is 14.7 Å². The van der Waals surface area contributed by atoms with Gasteiger partial charge in [0.15, 0.2) is 0 Å². The normalized spacial score (nSPS) is 21.4. The summed E-state index contributed by atoms with van der Waals surface area (Å²) in [4.78, 5) is 28.1. The van der Waals surface area contributed by atoms with Gasteiger partial charge in [0.25, 0.3) is 0 Å². The van der Waals surface area contributed by atoms with Crippen molar-refractivity contribution in [2.45, 2.75) is 25.8 Å². The lowest BCUT2D eigenvalue weighted by Gasteiger charge is -2.37. The Bertz CT molecular complexity index is 824. The fraction of sp³-hybridized carbons (Fsp3) is 0.476. The molecular weight excluding hydrogens is 354 g/mol. The van der Waals surface area contributed by atoms with E-state index in [0.29, 0.717) is 18.9 Å². The van der Waals surface area contributed by atoms with Gasteiger partial charge in [-0.25, -0.2) is 4.99 Å². The van der Waals surface area contributed by atoms with E-state index in [-0.39, 0.29) is 5.91 Å². The number of benzene rings is 1. The molecule has 0 saturated carbocycles. The number of nitrogens with zero attached hydrogens (tertiary/aromatic N) is 5. The molecule has 1 fully saturated rings. The van der Waals surface area contributed by atoms with Crippen LogP contribution in [0.5, 0.6) is 5.75 Å². The molecule has 148 valence electrons. The third kappa shape index (κ3) is 3.74. The van der Waals surface area contributed by atoms with E-state index in [1.807, 2.05) is 35.5 Å². The molecule has 7 nitrogen and oxygen atoms in total. The van der Waals surface area contributed by atoms with E-state index >= 15 is 0 Å². The molecule has 1 amide bonds. The van der Waals surface area contributed by atoms with E-state index in [1.54, 1.807) is 7.11 Å².